The summed E-state index contributed by atoms with van der Waals surface area (Å²) in [5.41, 5.74) is 2.94. The van der Waals surface area contributed by atoms with Crippen LogP contribution in [0.1, 0.15) is 17.0 Å². The number of aromatic nitrogens is 3. The number of amides is 1. The van der Waals surface area contributed by atoms with Crippen molar-refractivity contribution in [2.24, 2.45) is 0 Å². The molecule has 1 aliphatic rings. The van der Waals surface area contributed by atoms with Crippen molar-refractivity contribution in [1.82, 2.24) is 20.1 Å². The number of ether oxygens (including phenoxy) is 3. The van der Waals surface area contributed by atoms with Gasteiger partial charge in [0.15, 0.2) is 22.5 Å². The highest BCUT2D eigenvalue weighted by Crippen LogP contribution is 2.32. The number of hydrogen-bond acceptors (Lipinski definition) is 7. The van der Waals surface area contributed by atoms with Crippen LogP contribution in [0.3, 0.4) is 0 Å². The van der Waals surface area contributed by atoms with Gasteiger partial charge in [-0.15, -0.1) is 10.2 Å². The minimum Gasteiger partial charge on any atom is -0.497 e. The highest BCUT2D eigenvalue weighted by atomic mass is 32.2. The number of carbonyl (C=O) groups excluding carboxylic acids is 1. The minimum absolute atomic E-state index is 0.119. The summed E-state index contributed by atoms with van der Waals surface area (Å²) in [6.45, 7) is 0.449. The highest BCUT2D eigenvalue weighted by Gasteiger charge is 2.17. The Labute approximate surface area is 207 Å². The largest absolute Gasteiger partial charge is 0.497 e. The van der Waals surface area contributed by atoms with E-state index in [1.165, 1.54) is 5.56 Å². The molecule has 1 aromatic heterocycles. The van der Waals surface area contributed by atoms with Crippen LogP contribution >= 0.6 is 11.8 Å². The maximum absolute atomic E-state index is 12.7. The van der Waals surface area contributed by atoms with Gasteiger partial charge < -0.3 is 19.5 Å². The fourth-order valence-electron chi connectivity index (χ4n) is 3.70. The van der Waals surface area contributed by atoms with Gasteiger partial charge in [-0.25, -0.2) is 0 Å². The molecule has 0 spiro atoms. The molecule has 1 N–H and O–H groups in total. The van der Waals surface area contributed by atoms with Gasteiger partial charge in [-0.05, 0) is 47.5 Å². The monoisotopic (exact) mass is 488 g/mol. The van der Waals surface area contributed by atoms with Crippen LogP contribution in [0.25, 0.3) is 5.69 Å². The number of fused-ring (bicyclic) bond motifs is 1. The quantitative estimate of drug-likeness (QED) is 0.354. The third-order valence-corrected chi connectivity index (χ3v) is 6.49. The van der Waals surface area contributed by atoms with E-state index in [9.17, 15) is 4.79 Å². The fraction of sp³-hybridized carbons (Fsp3) is 0.192. The van der Waals surface area contributed by atoms with E-state index in [4.69, 9.17) is 14.2 Å². The van der Waals surface area contributed by atoms with Crippen LogP contribution in [0.4, 0.5) is 0 Å². The Kier molecular flexibility index (Phi) is 6.85. The van der Waals surface area contributed by atoms with Gasteiger partial charge in [0.25, 0.3) is 0 Å². The molecule has 0 atom stereocenters. The van der Waals surface area contributed by atoms with E-state index < -0.39 is 0 Å². The van der Waals surface area contributed by atoms with E-state index in [2.05, 4.69) is 27.6 Å². The molecule has 5 rings (SSSR count). The lowest BCUT2D eigenvalue weighted by Crippen LogP contribution is -2.26. The summed E-state index contributed by atoms with van der Waals surface area (Å²) in [4.78, 5) is 12.7. The lowest BCUT2D eigenvalue weighted by atomic mass is 10.1. The number of methoxy groups -OCH3 is 1. The number of nitrogens with zero attached hydrogens (tertiary/aromatic N) is 3. The maximum Gasteiger partial charge on any atom is 0.231 e. The zero-order valence-corrected chi connectivity index (χ0v) is 20.0. The van der Waals surface area contributed by atoms with Crippen molar-refractivity contribution in [3.8, 4) is 22.9 Å². The van der Waals surface area contributed by atoms with Crippen LogP contribution in [0.5, 0.6) is 17.2 Å². The van der Waals surface area contributed by atoms with Crippen molar-refractivity contribution in [2.45, 2.75) is 23.9 Å². The van der Waals surface area contributed by atoms with Crippen molar-refractivity contribution in [3.05, 3.63) is 89.7 Å². The molecule has 3 aromatic carbocycles. The number of hydrogen-bond donors (Lipinski definition) is 1. The predicted octanol–water partition coefficient (Wildman–Crippen LogP) is 4.16. The summed E-state index contributed by atoms with van der Waals surface area (Å²) in [5, 5.41) is 12.5. The number of nitrogens with one attached hydrogen (secondary N) is 1. The van der Waals surface area contributed by atoms with Gasteiger partial charge >= 0.3 is 0 Å². The minimum atomic E-state index is -0.119. The Morgan fingerprint density at radius 3 is 2.60 bits per heavy atom. The zero-order chi connectivity index (χ0) is 24.0. The molecular formula is C26H24N4O4S. The van der Waals surface area contributed by atoms with E-state index in [0.717, 1.165) is 27.9 Å². The van der Waals surface area contributed by atoms with Gasteiger partial charge in [0.05, 0.1) is 20.1 Å². The molecule has 0 unspecified atom stereocenters. The second kappa shape index (κ2) is 10.5. The second-order valence-electron chi connectivity index (χ2n) is 7.85. The van der Waals surface area contributed by atoms with E-state index >= 15 is 0 Å². The van der Waals surface area contributed by atoms with Crippen molar-refractivity contribution < 1.29 is 19.0 Å². The van der Waals surface area contributed by atoms with Gasteiger partial charge in [0.1, 0.15) is 5.75 Å². The van der Waals surface area contributed by atoms with Crippen LogP contribution in [0.15, 0.2) is 78.0 Å². The van der Waals surface area contributed by atoms with E-state index in [0.29, 0.717) is 17.3 Å². The highest BCUT2D eigenvalue weighted by molar-refractivity contribution is 7.98. The van der Waals surface area contributed by atoms with Crippen LogP contribution in [0, 0.1) is 0 Å². The topological polar surface area (TPSA) is 87.5 Å². The number of benzene rings is 3. The molecule has 4 aromatic rings. The molecule has 178 valence electrons. The average molecular weight is 489 g/mol. The van der Waals surface area contributed by atoms with Gasteiger partial charge in [0.2, 0.25) is 12.7 Å². The lowest BCUT2D eigenvalue weighted by molar-refractivity contribution is -0.120. The summed E-state index contributed by atoms with van der Waals surface area (Å²) in [6.07, 6.45) is 0.225. The Hall–Kier alpha value is -3.98. The maximum atomic E-state index is 12.7. The molecule has 0 fully saturated rings. The summed E-state index contributed by atoms with van der Waals surface area (Å²) < 4.78 is 18.0. The van der Waals surface area contributed by atoms with Crippen LogP contribution in [0.2, 0.25) is 0 Å². The van der Waals surface area contributed by atoms with Crippen LogP contribution < -0.4 is 19.5 Å². The molecule has 0 saturated carbocycles. The van der Waals surface area contributed by atoms with Crippen LogP contribution in [-0.4, -0.2) is 34.6 Å². The molecule has 8 nitrogen and oxygen atoms in total. The first kappa shape index (κ1) is 22.8. The molecule has 1 aliphatic heterocycles. The molecule has 35 heavy (non-hydrogen) atoms. The average Bonchev–Trinajstić information content (AvgIpc) is 3.53. The van der Waals surface area contributed by atoms with Gasteiger partial charge in [-0.3, -0.25) is 9.36 Å². The van der Waals surface area contributed by atoms with Crippen molar-refractivity contribution in [3.63, 3.8) is 0 Å². The van der Waals surface area contributed by atoms with Crippen molar-refractivity contribution >= 4 is 17.7 Å². The molecule has 0 aliphatic carbocycles. The Bertz CT molecular complexity index is 1310. The standard InChI is InChI=1S/C26H24N4O4S/c1-32-21-10-8-20(9-11-21)30-24(28-29-26(30)35-16-18-5-3-2-4-6-18)15-27-25(31)14-19-7-12-22-23(13-19)34-17-33-22/h2-13H,14-17H2,1H3,(H,27,31). The smallest absolute Gasteiger partial charge is 0.231 e. The first-order valence-corrected chi connectivity index (χ1v) is 12.1. The zero-order valence-electron chi connectivity index (χ0n) is 19.1. The fourth-order valence-corrected chi connectivity index (χ4v) is 4.62. The SMILES string of the molecule is COc1ccc(-n2c(CNC(=O)Cc3ccc4c(c3)OCO4)nnc2SCc2ccccc2)cc1. The van der Waals surface area contributed by atoms with Crippen LogP contribution in [-0.2, 0) is 23.5 Å². The molecule has 1 amide bonds. The molecule has 2 heterocycles. The third kappa shape index (κ3) is 5.41. The molecule has 9 heteroatoms. The number of carbonyl (C=O) groups is 1. The number of thioether (sulfide) groups is 1. The molecule has 0 radical (unpaired) electrons. The summed E-state index contributed by atoms with van der Waals surface area (Å²) in [5.74, 6) is 3.40. The summed E-state index contributed by atoms with van der Waals surface area (Å²) in [7, 11) is 1.63. The van der Waals surface area contributed by atoms with Gasteiger partial charge in [-0.2, -0.15) is 0 Å². The first-order chi connectivity index (χ1) is 17.2. The number of rotatable bonds is 9. The first-order valence-electron chi connectivity index (χ1n) is 11.1. The van der Waals surface area contributed by atoms with E-state index in [1.54, 1.807) is 18.9 Å². The third-order valence-electron chi connectivity index (χ3n) is 5.49. The van der Waals surface area contributed by atoms with Crippen molar-refractivity contribution in [1.29, 1.82) is 0 Å². The molecule has 0 bridgehead atoms. The second-order valence-corrected chi connectivity index (χ2v) is 8.79. The molecule has 0 saturated heterocycles. The predicted molar refractivity (Wildman–Crippen MR) is 132 cm³/mol. The molecular weight excluding hydrogens is 464 g/mol. The van der Waals surface area contributed by atoms with E-state index in [-0.39, 0.29) is 25.7 Å². The Balaban J connectivity index is 1.31. The summed E-state index contributed by atoms with van der Waals surface area (Å²) in [6, 6.07) is 23.4. The lowest BCUT2D eigenvalue weighted by Gasteiger charge is -2.12. The van der Waals surface area contributed by atoms with Crippen molar-refractivity contribution in [2.75, 3.05) is 13.9 Å². The normalized spacial score (nSPS) is 11.9. The van der Waals surface area contributed by atoms with E-state index in [1.807, 2.05) is 65.2 Å². The van der Waals surface area contributed by atoms with Gasteiger partial charge in [-0.1, -0.05) is 48.2 Å². The Morgan fingerprint density at radius 2 is 1.80 bits per heavy atom. The van der Waals surface area contributed by atoms with Gasteiger partial charge in [0, 0.05) is 11.4 Å². The Morgan fingerprint density at radius 1 is 1.00 bits per heavy atom. The summed E-state index contributed by atoms with van der Waals surface area (Å²) >= 11 is 1.59.